The van der Waals surface area contributed by atoms with Crippen molar-refractivity contribution in [2.75, 3.05) is 0 Å². The number of aryl methyl sites for hydroxylation is 2. The van der Waals surface area contributed by atoms with Crippen molar-refractivity contribution in [2.45, 2.75) is 51.4 Å². The zero-order chi connectivity index (χ0) is 12.5. The molecular weight excluding hydrogens is 232 g/mol. The molecule has 0 aliphatic carbocycles. The van der Waals surface area contributed by atoms with E-state index in [1.54, 1.807) is 0 Å². The highest BCUT2D eigenvalue weighted by molar-refractivity contribution is 4.76. The van der Waals surface area contributed by atoms with E-state index < -0.39 is 0 Å². The standard InChI is InChI=1S/C10H18N8/c1(3-5-7-9-11-15-16-12-9)2-4-6-8-10-13-17-18-14-10/h1-8H2,(H,11,12,15,16)(H,13,14,17,18). The predicted molar refractivity (Wildman–Crippen MR) is 63.5 cm³/mol. The summed E-state index contributed by atoms with van der Waals surface area (Å²) < 4.78 is 0. The van der Waals surface area contributed by atoms with Gasteiger partial charge in [-0.05, 0) is 12.8 Å². The second-order valence-electron chi connectivity index (χ2n) is 4.28. The number of nitrogens with zero attached hydrogens (tertiary/aromatic N) is 6. The Hall–Kier alpha value is -1.86. The molecule has 0 radical (unpaired) electrons. The molecule has 0 aliphatic heterocycles. The molecular formula is C10H18N8. The van der Waals surface area contributed by atoms with Gasteiger partial charge in [0.25, 0.3) is 0 Å². The quantitative estimate of drug-likeness (QED) is 0.638. The summed E-state index contributed by atoms with van der Waals surface area (Å²) in [5, 5.41) is 27.7. The molecule has 0 spiro atoms. The minimum absolute atomic E-state index is 0.812. The van der Waals surface area contributed by atoms with E-state index in [2.05, 4.69) is 41.2 Å². The van der Waals surface area contributed by atoms with Crippen LogP contribution in [0, 0.1) is 0 Å². The molecule has 0 saturated heterocycles. The Morgan fingerprint density at radius 2 is 1.06 bits per heavy atom. The third kappa shape index (κ3) is 4.56. The van der Waals surface area contributed by atoms with E-state index in [0.29, 0.717) is 0 Å². The smallest absolute Gasteiger partial charge is 0.174 e. The maximum atomic E-state index is 3.92. The molecule has 2 rings (SSSR count). The summed E-state index contributed by atoms with van der Waals surface area (Å²) >= 11 is 0. The first-order valence-electron chi connectivity index (χ1n) is 6.40. The summed E-state index contributed by atoms with van der Waals surface area (Å²) in [5.74, 6) is 1.62. The van der Waals surface area contributed by atoms with Gasteiger partial charge in [-0.15, -0.1) is 20.4 Å². The third-order valence-electron chi connectivity index (χ3n) is 2.83. The lowest BCUT2D eigenvalue weighted by Gasteiger charge is -1.99. The number of unbranched alkanes of at least 4 members (excludes halogenated alkanes) is 5. The molecule has 0 aliphatic rings. The van der Waals surface area contributed by atoms with E-state index >= 15 is 0 Å². The van der Waals surface area contributed by atoms with Gasteiger partial charge in [0.15, 0.2) is 11.6 Å². The number of rotatable bonds is 9. The number of H-pyrrole nitrogens is 2. The van der Waals surface area contributed by atoms with E-state index in [1.807, 2.05) is 0 Å². The summed E-state index contributed by atoms with van der Waals surface area (Å²) in [6.07, 6.45) is 9.04. The minimum Gasteiger partial charge on any atom is -0.177 e. The molecule has 0 aromatic carbocycles. The Kier molecular flexibility index (Phi) is 5.22. The molecule has 2 N–H and O–H groups in total. The van der Waals surface area contributed by atoms with Gasteiger partial charge in [-0.3, -0.25) is 0 Å². The van der Waals surface area contributed by atoms with Crippen molar-refractivity contribution in [1.29, 1.82) is 0 Å². The first kappa shape index (κ1) is 12.6. The highest BCUT2D eigenvalue weighted by Gasteiger charge is 1.99. The van der Waals surface area contributed by atoms with Crippen LogP contribution in [0.2, 0.25) is 0 Å². The van der Waals surface area contributed by atoms with Crippen molar-refractivity contribution in [3.8, 4) is 0 Å². The summed E-state index contributed by atoms with van der Waals surface area (Å²) in [5.41, 5.74) is 0. The molecule has 0 atom stereocenters. The van der Waals surface area contributed by atoms with Gasteiger partial charge in [0.1, 0.15) is 0 Å². The Labute approximate surface area is 105 Å². The van der Waals surface area contributed by atoms with E-state index in [1.165, 1.54) is 25.7 Å². The van der Waals surface area contributed by atoms with Gasteiger partial charge in [-0.1, -0.05) is 36.1 Å². The Morgan fingerprint density at radius 3 is 1.44 bits per heavy atom. The normalized spacial score (nSPS) is 10.9. The highest BCUT2D eigenvalue weighted by Crippen LogP contribution is 2.08. The van der Waals surface area contributed by atoms with Gasteiger partial charge < -0.3 is 0 Å². The largest absolute Gasteiger partial charge is 0.177 e. The van der Waals surface area contributed by atoms with Crippen molar-refractivity contribution < 1.29 is 0 Å². The van der Waals surface area contributed by atoms with Crippen LogP contribution in [0.1, 0.15) is 50.2 Å². The summed E-state index contributed by atoms with van der Waals surface area (Å²) in [6.45, 7) is 0. The summed E-state index contributed by atoms with van der Waals surface area (Å²) in [7, 11) is 0. The van der Waals surface area contributed by atoms with Crippen LogP contribution in [0.15, 0.2) is 0 Å². The number of aromatic nitrogens is 8. The topological polar surface area (TPSA) is 109 Å². The number of aromatic amines is 2. The van der Waals surface area contributed by atoms with Gasteiger partial charge in [0, 0.05) is 12.8 Å². The SMILES string of the molecule is C(CCCCc1nn[nH]n1)CCCc1nn[nH]n1. The van der Waals surface area contributed by atoms with Gasteiger partial charge in [0.05, 0.1) is 0 Å². The summed E-state index contributed by atoms with van der Waals surface area (Å²) in [4.78, 5) is 0. The zero-order valence-corrected chi connectivity index (χ0v) is 10.3. The van der Waals surface area contributed by atoms with Crippen molar-refractivity contribution in [3.63, 3.8) is 0 Å². The van der Waals surface area contributed by atoms with Gasteiger partial charge in [0.2, 0.25) is 0 Å². The second kappa shape index (κ2) is 7.46. The molecule has 2 heterocycles. The summed E-state index contributed by atoms with van der Waals surface area (Å²) in [6, 6.07) is 0. The minimum atomic E-state index is 0.812. The van der Waals surface area contributed by atoms with Gasteiger partial charge in [-0.25, -0.2) is 0 Å². The third-order valence-corrected chi connectivity index (χ3v) is 2.83. The second-order valence-corrected chi connectivity index (χ2v) is 4.28. The molecule has 8 heteroatoms. The maximum Gasteiger partial charge on any atom is 0.174 e. The van der Waals surface area contributed by atoms with Crippen LogP contribution in [0.5, 0.6) is 0 Å². The Morgan fingerprint density at radius 1 is 0.611 bits per heavy atom. The lowest BCUT2D eigenvalue weighted by Crippen LogP contribution is -1.91. The van der Waals surface area contributed by atoms with Crippen LogP contribution in [-0.2, 0) is 12.8 Å². The lowest BCUT2D eigenvalue weighted by atomic mass is 10.1. The van der Waals surface area contributed by atoms with Crippen LogP contribution in [0.4, 0.5) is 0 Å². The van der Waals surface area contributed by atoms with Gasteiger partial charge >= 0.3 is 0 Å². The van der Waals surface area contributed by atoms with Crippen molar-refractivity contribution in [2.24, 2.45) is 0 Å². The zero-order valence-electron chi connectivity index (χ0n) is 10.3. The molecule has 18 heavy (non-hydrogen) atoms. The molecule has 0 fully saturated rings. The molecule has 98 valence electrons. The average molecular weight is 250 g/mol. The fourth-order valence-electron chi connectivity index (χ4n) is 1.85. The monoisotopic (exact) mass is 250 g/mol. The fraction of sp³-hybridized carbons (Fsp3) is 0.800. The van der Waals surface area contributed by atoms with Crippen LogP contribution < -0.4 is 0 Å². The molecule has 8 nitrogen and oxygen atoms in total. The van der Waals surface area contributed by atoms with Crippen LogP contribution in [0.3, 0.4) is 0 Å². The molecule has 0 unspecified atom stereocenters. The van der Waals surface area contributed by atoms with E-state index in [4.69, 9.17) is 0 Å². The van der Waals surface area contributed by atoms with Crippen molar-refractivity contribution in [1.82, 2.24) is 41.2 Å². The number of nitrogens with one attached hydrogen (secondary N) is 2. The van der Waals surface area contributed by atoms with Crippen LogP contribution in [-0.4, -0.2) is 41.2 Å². The predicted octanol–water partition coefficient (Wildman–Crippen LogP) is 0.839. The first-order valence-corrected chi connectivity index (χ1v) is 6.40. The van der Waals surface area contributed by atoms with Crippen LogP contribution in [0.25, 0.3) is 0 Å². The molecule has 2 aromatic heterocycles. The van der Waals surface area contributed by atoms with E-state index in [9.17, 15) is 0 Å². The van der Waals surface area contributed by atoms with Gasteiger partial charge in [-0.2, -0.15) is 10.4 Å². The van der Waals surface area contributed by atoms with Crippen molar-refractivity contribution in [3.05, 3.63) is 11.6 Å². The average Bonchev–Trinajstić information content (AvgIpc) is 3.05. The number of tetrazole rings is 2. The first-order chi connectivity index (χ1) is 8.95. The lowest BCUT2D eigenvalue weighted by molar-refractivity contribution is 0.584. The molecule has 0 saturated carbocycles. The molecule has 0 bridgehead atoms. The molecule has 0 amide bonds. The van der Waals surface area contributed by atoms with Crippen molar-refractivity contribution >= 4 is 0 Å². The number of hydrogen-bond donors (Lipinski definition) is 2. The van der Waals surface area contributed by atoms with Crippen LogP contribution >= 0.6 is 0 Å². The molecule has 2 aromatic rings. The van der Waals surface area contributed by atoms with E-state index in [0.717, 1.165) is 37.3 Å². The fourth-order valence-corrected chi connectivity index (χ4v) is 1.85. The highest BCUT2D eigenvalue weighted by atomic mass is 15.5. The Bertz CT molecular complexity index is 355. The number of hydrogen-bond acceptors (Lipinski definition) is 6. The maximum absolute atomic E-state index is 3.92. The Balaban J connectivity index is 1.40. The van der Waals surface area contributed by atoms with E-state index in [-0.39, 0.29) is 0 Å².